The summed E-state index contributed by atoms with van der Waals surface area (Å²) >= 11 is 0. The molecule has 1 aromatic rings. The van der Waals surface area contributed by atoms with E-state index in [0.717, 1.165) is 12.3 Å². The molecule has 1 aliphatic rings. The third-order valence-corrected chi connectivity index (χ3v) is 8.76. The zero-order valence-corrected chi connectivity index (χ0v) is 15.9. The average Bonchev–Trinajstić information content (AvgIpc) is 2.60. The van der Waals surface area contributed by atoms with Gasteiger partial charge in [0.15, 0.2) is 6.26 Å². The van der Waals surface area contributed by atoms with E-state index in [0.29, 0.717) is 12.0 Å². The molecular formula is C20H30F2OSi. The van der Waals surface area contributed by atoms with Crippen LogP contribution in [0.4, 0.5) is 8.78 Å². The first-order chi connectivity index (χ1) is 11.7. The molecular weight excluding hydrogens is 322 g/mol. The zero-order valence-electron chi connectivity index (χ0n) is 14.8. The van der Waals surface area contributed by atoms with Crippen molar-refractivity contribution in [2.45, 2.75) is 70.0 Å². The van der Waals surface area contributed by atoms with Crippen LogP contribution < -0.4 is 4.74 Å². The standard InChI is InChI=1S/C20H30F2OSi/c1-2-3-4-13-24-14-11-18(12-15-24)6-5-17-7-9-19(10-8-17)23-16-20(21)22/h7-10,16,18,24H,2-6,11-15H2,1H3. The van der Waals surface area contributed by atoms with Crippen LogP contribution in [0.15, 0.2) is 36.6 Å². The molecule has 1 heterocycles. The molecule has 134 valence electrons. The van der Waals surface area contributed by atoms with Crippen LogP contribution in [0.1, 0.15) is 51.0 Å². The van der Waals surface area contributed by atoms with Crippen LogP contribution in [-0.2, 0) is 6.42 Å². The van der Waals surface area contributed by atoms with Crippen molar-refractivity contribution in [1.29, 1.82) is 0 Å². The Morgan fingerprint density at radius 2 is 1.88 bits per heavy atom. The number of halogens is 2. The van der Waals surface area contributed by atoms with Crippen molar-refractivity contribution in [1.82, 2.24) is 0 Å². The van der Waals surface area contributed by atoms with Crippen molar-refractivity contribution in [3.8, 4) is 5.75 Å². The van der Waals surface area contributed by atoms with Gasteiger partial charge in [-0.05, 0) is 36.5 Å². The first-order valence-electron chi connectivity index (χ1n) is 9.44. The first kappa shape index (κ1) is 19.2. The lowest BCUT2D eigenvalue weighted by atomic mass is 9.94. The maximum atomic E-state index is 12.0. The molecule has 0 atom stereocenters. The quantitative estimate of drug-likeness (QED) is 0.278. The monoisotopic (exact) mass is 352 g/mol. The Kier molecular flexibility index (Phi) is 8.50. The first-order valence-corrected chi connectivity index (χ1v) is 11.9. The van der Waals surface area contributed by atoms with Crippen molar-refractivity contribution < 1.29 is 13.5 Å². The van der Waals surface area contributed by atoms with Gasteiger partial charge in [0.25, 0.3) is 0 Å². The molecule has 0 bridgehead atoms. The smallest absolute Gasteiger partial charge is 0.305 e. The molecule has 1 nitrogen and oxygen atoms in total. The summed E-state index contributed by atoms with van der Waals surface area (Å²) in [6, 6.07) is 12.2. The largest absolute Gasteiger partial charge is 0.459 e. The highest BCUT2D eigenvalue weighted by Crippen LogP contribution is 2.31. The van der Waals surface area contributed by atoms with E-state index < -0.39 is 14.9 Å². The fraction of sp³-hybridized carbons (Fsp3) is 0.600. The van der Waals surface area contributed by atoms with Gasteiger partial charge in [0.05, 0.1) is 0 Å². The minimum absolute atomic E-state index is 0.402. The number of aryl methyl sites for hydroxylation is 1. The molecule has 1 aliphatic heterocycles. The van der Waals surface area contributed by atoms with Crippen LogP contribution >= 0.6 is 0 Å². The van der Waals surface area contributed by atoms with Crippen LogP contribution in [0.2, 0.25) is 18.1 Å². The highest BCUT2D eigenvalue weighted by Gasteiger charge is 2.21. The van der Waals surface area contributed by atoms with Gasteiger partial charge in [-0.2, -0.15) is 8.78 Å². The second-order valence-electron chi connectivity index (χ2n) is 7.09. The Morgan fingerprint density at radius 3 is 2.50 bits per heavy atom. The second kappa shape index (κ2) is 10.6. The van der Waals surface area contributed by atoms with Gasteiger partial charge in [-0.1, -0.05) is 69.3 Å². The van der Waals surface area contributed by atoms with Gasteiger partial charge in [-0.3, -0.25) is 0 Å². The van der Waals surface area contributed by atoms with Crippen LogP contribution in [0.25, 0.3) is 0 Å². The van der Waals surface area contributed by atoms with Crippen molar-refractivity contribution in [3.63, 3.8) is 0 Å². The van der Waals surface area contributed by atoms with Gasteiger partial charge in [0.2, 0.25) is 0 Å². The van der Waals surface area contributed by atoms with E-state index in [2.05, 4.69) is 6.92 Å². The third kappa shape index (κ3) is 7.16. The highest BCUT2D eigenvalue weighted by molar-refractivity contribution is 6.58. The Hall–Kier alpha value is -1.16. The molecule has 0 aromatic heterocycles. The molecule has 1 fully saturated rings. The summed E-state index contributed by atoms with van der Waals surface area (Å²) in [5.74, 6) is 1.35. The zero-order chi connectivity index (χ0) is 17.2. The molecule has 24 heavy (non-hydrogen) atoms. The van der Waals surface area contributed by atoms with E-state index in [9.17, 15) is 8.78 Å². The minimum Gasteiger partial charge on any atom is -0.459 e. The van der Waals surface area contributed by atoms with E-state index in [1.54, 1.807) is 30.3 Å². The van der Waals surface area contributed by atoms with Gasteiger partial charge in [-0.15, -0.1) is 0 Å². The number of hydrogen-bond acceptors (Lipinski definition) is 1. The second-order valence-corrected chi connectivity index (χ2v) is 10.6. The molecule has 0 aliphatic carbocycles. The summed E-state index contributed by atoms with van der Waals surface area (Å²) in [4.78, 5) is 0. The number of rotatable bonds is 9. The predicted octanol–water partition coefficient (Wildman–Crippen LogP) is 6.56. The number of ether oxygens (including phenoxy) is 1. The summed E-state index contributed by atoms with van der Waals surface area (Å²) < 4.78 is 28.8. The summed E-state index contributed by atoms with van der Waals surface area (Å²) in [5, 5.41) is 0. The Balaban J connectivity index is 1.66. The van der Waals surface area contributed by atoms with Crippen LogP contribution in [0.3, 0.4) is 0 Å². The van der Waals surface area contributed by atoms with Gasteiger partial charge >= 0.3 is 6.08 Å². The van der Waals surface area contributed by atoms with Crippen LogP contribution in [0.5, 0.6) is 5.75 Å². The maximum Gasteiger partial charge on any atom is 0.305 e. The molecule has 0 amide bonds. The summed E-state index contributed by atoms with van der Waals surface area (Å²) in [6.07, 6.45) is 8.11. The topological polar surface area (TPSA) is 9.23 Å². The summed E-state index contributed by atoms with van der Waals surface area (Å²) in [6.45, 7) is 2.28. The number of unbranched alkanes of at least 4 members (excludes halogenated alkanes) is 2. The van der Waals surface area contributed by atoms with E-state index >= 15 is 0 Å². The normalized spacial score (nSPS) is 20.6. The minimum atomic E-state index is -1.81. The number of hydrogen-bond donors (Lipinski definition) is 0. The highest BCUT2D eigenvalue weighted by atomic mass is 28.3. The molecule has 2 rings (SSSR count). The lowest BCUT2D eigenvalue weighted by molar-refractivity contribution is 0.365. The Morgan fingerprint density at radius 1 is 1.17 bits per heavy atom. The predicted molar refractivity (Wildman–Crippen MR) is 99.5 cm³/mol. The fourth-order valence-corrected chi connectivity index (χ4v) is 7.33. The summed E-state index contributed by atoms with van der Waals surface area (Å²) in [7, 11) is -0.402. The lowest BCUT2D eigenvalue weighted by Crippen LogP contribution is -2.21. The van der Waals surface area contributed by atoms with Gasteiger partial charge < -0.3 is 4.74 Å². The van der Waals surface area contributed by atoms with E-state index in [1.165, 1.54) is 44.1 Å². The van der Waals surface area contributed by atoms with E-state index in [1.807, 2.05) is 12.1 Å². The maximum absolute atomic E-state index is 12.0. The summed E-state index contributed by atoms with van der Waals surface area (Å²) in [5.41, 5.74) is 1.27. The molecule has 0 unspecified atom stereocenters. The van der Waals surface area contributed by atoms with Crippen molar-refractivity contribution in [2.75, 3.05) is 0 Å². The molecule has 0 spiro atoms. The third-order valence-electron chi connectivity index (χ3n) is 5.23. The van der Waals surface area contributed by atoms with Gasteiger partial charge in [0.1, 0.15) is 5.75 Å². The van der Waals surface area contributed by atoms with Crippen LogP contribution in [0, 0.1) is 5.92 Å². The van der Waals surface area contributed by atoms with E-state index in [-0.39, 0.29) is 0 Å². The van der Waals surface area contributed by atoms with Crippen molar-refractivity contribution in [3.05, 3.63) is 42.2 Å². The van der Waals surface area contributed by atoms with Gasteiger partial charge in [0, 0.05) is 8.80 Å². The fourth-order valence-electron chi connectivity index (χ4n) is 3.71. The SMILES string of the molecule is CCCCC[SiH]1CCC(CCc2ccc(OC=C(F)F)cc2)CC1. The van der Waals surface area contributed by atoms with Crippen molar-refractivity contribution in [2.24, 2.45) is 5.92 Å². The molecule has 4 heteroatoms. The van der Waals surface area contributed by atoms with E-state index in [4.69, 9.17) is 4.74 Å². The molecule has 0 saturated carbocycles. The molecule has 0 N–H and O–H groups in total. The Bertz CT molecular complexity index is 489. The molecule has 1 saturated heterocycles. The van der Waals surface area contributed by atoms with Gasteiger partial charge in [-0.25, -0.2) is 0 Å². The molecule has 1 aromatic carbocycles. The Labute approximate surface area is 146 Å². The van der Waals surface area contributed by atoms with Crippen LogP contribution in [-0.4, -0.2) is 8.80 Å². The lowest BCUT2D eigenvalue weighted by Gasteiger charge is -2.27. The number of benzene rings is 1. The average molecular weight is 353 g/mol. The van der Waals surface area contributed by atoms with Crippen molar-refractivity contribution >= 4 is 8.80 Å². The molecule has 0 radical (unpaired) electrons.